The van der Waals surface area contributed by atoms with Gasteiger partial charge in [-0.3, -0.25) is 0 Å². The first kappa shape index (κ1) is 14.1. The van der Waals surface area contributed by atoms with Gasteiger partial charge in [0.2, 0.25) is 0 Å². The van der Waals surface area contributed by atoms with Gasteiger partial charge < -0.3 is 5.32 Å². The molecule has 0 amide bonds. The van der Waals surface area contributed by atoms with E-state index in [1.165, 1.54) is 32.1 Å². The van der Waals surface area contributed by atoms with Crippen LogP contribution in [0.3, 0.4) is 0 Å². The molecule has 1 aliphatic carbocycles. The summed E-state index contributed by atoms with van der Waals surface area (Å²) >= 11 is 0. The Hall–Kier alpha value is -0.890. The van der Waals surface area contributed by atoms with Crippen LogP contribution in [0.5, 0.6) is 0 Å². The zero-order valence-corrected chi connectivity index (χ0v) is 12.4. The van der Waals surface area contributed by atoms with E-state index in [4.69, 9.17) is 0 Å². The molecule has 20 heavy (non-hydrogen) atoms. The Labute approximate surface area is 122 Å². The normalized spacial score (nSPS) is 34.9. The van der Waals surface area contributed by atoms with E-state index in [1.54, 1.807) is 12.1 Å². The maximum Gasteiger partial charge on any atom is 0.126 e. The first-order valence-corrected chi connectivity index (χ1v) is 8.21. The van der Waals surface area contributed by atoms with Gasteiger partial charge in [-0.15, -0.1) is 0 Å². The third-order valence-corrected chi connectivity index (χ3v) is 5.51. The van der Waals surface area contributed by atoms with Crippen molar-refractivity contribution >= 4 is 0 Å². The third kappa shape index (κ3) is 2.90. The number of benzene rings is 1. The van der Waals surface area contributed by atoms with Gasteiger partial charge in [-0.1, -0.05) is 38.0 Å². The van der Waals surface area contributed by atoms with E-state index in [2.05, 4.69) is 12.2 Å². The average molecular weight is 275 g/mol. The van der Waals surface area contributed by atoms with Gasteiger partial charge >= 0.3 is 0 Å². The molecule has 1 saturated carbocycles. The van der Waals surface area contributed by atoms with Crippen LogP contribution in [0.25, 0.3) is 0 Å². The number of piperidine rings is 1. The Kier molecular flexibility index (Phi) is 4.40. The first-order chi connectivity index (χ1) is 9.75. The zero-order chi connectivity index (χ0) is 13.9. The molecule has 2 unspecified atom stereocenters. The number of hydrogen-bond acceptors (Lipinski definition) is 1. The predicted molar refractivity (Wildman–Crippen MR) is 81.2 cm³/mol. The summed E-state index contributed by atoms with van der Waals surface area (Å²) in [7, 11) is 0. The molecule has 2 atom stereocenters. The smallest absolute Gasteiger partial charge is 0.126 e. The molecule has 1 saturated heterocycles. The molecule has 0 bridgehead atoms. The van der Waals surface area contributed by atoms with E-state index >= 15 is 0 Å². The lowest BCUT2D eigenvalue weighted by atomic mass is 9.68. The second kappa shape index (κ2) is 6.26. The van der Waals surface area contributed by atoms with Crippen LogP contribution in [0.15, 0.2) is 24.3 Å². The van der Waals surface area contributed by atoms with Gasteiger partial charge in [-0.2, -0.15) is 0 Å². The highest BCUT2D eigenvalue weighted by Crippen LogP contribution is 2.42. The van der Waals surface area contributed by atoms with Crippen molar-refractivity contribution in [2.24, 2.45) is 17.8 Å². The van der Waals surface area contributed by atoms with E-state index in [0.29, 0.717) is 11.8 Å². The van der Waals surface area contributed by atoms with Gasteiger partial charge in [0.25, 0.3) is 0 Å². The van der Waals surface area contributed by atoms with Crippen LogP contribution in [0.1, 0.15) is 50.5 Å². The van der Waals surface area contributed by atoms with Crippen LogP contribution < -0.4 is 5.32 Å². The number of hydrogen-bond donors (Lipinski definition) is 1. The topological polar surface area (TPSA) is 12.0 Å². The minimum Gasteiger partial charge on any atom is -0.316 e. The first-order valence-electron chi connectivity index (χ1n) is 8.21. The Morgan fingerprint density at radius 2 is 1.80 bits per heavy atom. The molecule has 2 heteroatoms. The summed E-state index contributed by atoms with van der Waals surface area (Å²) in [6.45, 7) is 4.41. The summed E-state index contributed by atoms with van der Waals surface area (Å²) in [5.74, 6) is 2.71. The highest BCUT2D eigenvalue weighted by molar-refractivity contribution is 5.24. The SMILES string of the molecule is CC1CCC(C2CCNCC2c2ccccc2F)CC1. The number of rotatable bonds is 2. The van der Waals surface area contributed by atoms with Gasteiger partial charge in [-0.25, -0.2) is 4.39 Å². The monoisotopic (exact) mass is 275 g/mol. The quantitative estimate of drug-likeness (QED) is 0.846. The fraction of sp³-hybridized carbons (Fsp3) is 0.667. The Morgan fingerprint density at radius 1 is 1.05 bits per heavy atom. The van der Waals surface area contributed by atoms with Gasteiger partial charge in [0, 0.05) is 12.5 Å². The molecule has 1 aliphatic heterocycles. The fourth-order valence-electron chi connectivity index (χ4n) is 4.27. The second-order valence-electron chi connectivity index (χ2n) is 6.80. The largest absolute Gasteiger partial charge is 0.316 e. The van der Waals surface area contributed by atoms with Crippen molar-refractivity contribution in [1.29, 1.82) is 0 Å². The summed E-state index contributed by atoms with van der Waals surface area (Å²) in [4.78, 5) is 0. The number of nitrogens with one attached hydrogen (secondary N) is 1. The van der Waals surface area contributed by atoms with Crippen molar-refractivity contribution < 1.29 is 4.39 Å². The van der Waals surface area contributed by atoms with Gasteiger partial charge in [-0.05, 0) is 55.2 Å². The van der Waals surface area contributed by atoms with Crippen LogP contribution in [-0.4, -0.2) is 13.1 Å². The maximum absolute atomic E-state index is 14.1. The molecule has 1 nitrogen and oxygen atoms in total. The van der Waals surface area contributed by atoms with Crippen molar-refractivity contribution in [3.8, 4) is 0 Å². The average Bonchev–Trinajstić information content (AvgIpc) is 2.49. The molecule has 0 radical (unpaired) electrons. The van der Waals surface area contributed by atoms with E-state index < -0.39 is 0 Å². The van der Waals surface area contributed by atoms with Crippen LogP contribution >= 0.6 is 0 Å². The highest BCUT2D eigenvalue weighted by atomic mass is 19.1. The Bertz CT molecular complexity index is 437. The standard InChI is InChI=1S/C18H26FN/c1-13-6-8-14(9-7-13)15-10-11-20-12-17(15)16-4-2-3-5-18(16)19/h2-5,13-15,17,20H,6-12H2,1H3. The Balaban J connectivity index is 1.79. The van der Waals surface area contributed by atoms with Gasteiger partial charge in [0.05, 0.1) is 0 Å². The Morgan fingerprint density at radius 3 is 2.55 bits per heavy atom. The highest BCUT2D eigenvalue weighted by Gasteiger charge is 2.35. The summed E-state index contributed by atoms with van der Waals surface area (Å²) in [6.07, 6.45) is 6.61. The van der Waals surface area contributed by atoms with E-state index in [9.17, 15) is 4.39 Å². The molecule has 0 spiro atoms. The molecule has 1 aromatic rings. The van der Waals surface area contributed by atoms with Gasteiger partial charge in [0.15, 0.2) is 0 Å². The fourth-order valence-corrected chi connectivity index (χ4v) is 4.27. The molecule has 1 aromatic carbocycles. The molecular formula is C18H26FN. The van der Waals surface area contributed by atoms with Crippen molar-refractivity contribution in [2.75, 3.05) is 13.1 Å². The third-order valence-electron chi connectivity index (χ3n) is 5.51. The summed E-state index contributed by atoms with van der Waals surface area (Å²) < 4.78 is 14.1. The maximum atomic E-state index is 14.1. The molecular weight excluding hydrogens is 249 g/mol. The number of halogens is 1. The molecule has 0 aromatic heterocycles. The lowest BCUT2D eigenvalue weighted by molar-refractivity contribution is 0.157. The lowest BCUT2D eigenvalue weighted by Crippen LogP contribution is -2.39. The van der Waals surface area contributed by atoms with E-state index in [1.807, 2.05) is 12.1 Å². The molecule has 2 aliphatic rings. The predicted octanol–water partition coefficient (Wildman–Crippen LogP) is 4.35. The van der Waals surface area contributed by atoms with Crippen LogP contribution in [-0.2, 0) is 0 Å². The molecule has 2 fully saturated rings. The molecule has 1 heterocycles. The summed E-state index contributed by atoms with van der Waals surface area (Å²) in [6, 6.07) is 7.38. The molecule has 110 valence electrons. The van der Waals surface area contributed by atoms with Crippen molar-refractivity contribution in [3.63, 3.8) is 0 Å². The van der Waals surface area contributed by atoms with Crippen LogP contribution in [0.4, 0.5) is 4.39 Å². The molecule has 3 rings (SSSR count). The zero-order valence-electron chi connectivity index (χ0n) is 12.4. The van der Waals surface area contributed by atoms with E-state index in [-0.39, 0.29) is 5.82 Å². The van der Waals surface area contributed by atoms with Gasteiger partial charge in [0.1, 0.15) is 5.82 Å². The van der Waals surface area contributed by atoms with Crippen molar-refractivity contribution in [1.82, 2.24) is 5.32 Å². The van der Waals surface area contributed by atoms with Crippen molar-refractivity contribution in [3.05, 3.63) is 35.6 Å². The van der Waals surface area contributed by atoms with Crippen molar-refractivity contribution in [2.45, 2.75) is 44.9 Å². The van der Waals surface area contributed by atoms with Crippen LogP contribution in [0, 0.1) is 23.6 Å². The lowest BCUT2D eigenvalue weighted by Gasteiger charge is -2.40. The summed E-state index contributed by atoms with van der Waals surface area (Å²) in [5, 5.41) is 3.47. The van der Waals surface area contributed by atoms with E-state index in [0.717, 1.165) is 30.5 Å². The second-order valence-corrected chi connectivity index (χ2v) is 6.80. The molecule has 1 N–H and O–H groups in total. The minimum absolute atomic E-state index is 0.0182. The van der Waals surface area contributed by atoms with Crippen LogP contribution in [0.2, 0.25) is 0 Å². The minimum atomic E-state index is -0.0182. The summed E-state index contributed by atoms with van der Waals surface area (Å²) in [5.41, 5.74) is 0.934.